The van der Waals surface area contributed by atoms with Gasteiger partial charge < -0.3 is 0 Å². The molecule has 0 radical (unpaired) electrons. The van der Waals surface area contributed by atoms with Crippen LogP contribution in [0.1, 0.15) is 21.5 Å². The molecule has 1 atom stereocenters. The summed E-state index contributed by atoms with van der Waals surface area (Å²) in [6, 6.07) is 11.5. The van der Waals surface area contributed by atoms with Crippen LogP contribution in [0.15, 0.2) is 42.5 Å². The lowest BCUT2D eigenvalue weighted by molar-refractivity contribution is 0.617. The molecular formula is C15H13BrF2. The maximum absolute atomic E-state index is 13.2. The second-order valence-corrected chi connectivity index (χ2v) is 5.41. The first-order valence-corrected chi connectivity index (χ1v) is 6.62. The minimum atomic E-state index is -0.234. The van der Waals surface area contributed by atoms with E-state index in [0.29, 0.717) is 5.56 Å². The number of hydrogen-bond acceptors (Lipinski definition) is 0. The van der Waals surface area contributed by atoms with Gasteiger partial charge in [-0.15, -0.1) is 0 Å². The van der Waals surface area contributed by atoms with Crippen molar-refractivity contribution in [3.05, 3.63) is 70.8 Å². The Kier molecular flexibility index (Phi) is 4.12. The number of aryl methyl sites for hydroxylation is 1. The van der Waals surface area contributed by atoms with Crippen molar-refractivity contribution in [1.82, 2.24) is 0 Å². The predicted molar refractivity (Wildman–Crippen MR) is 72.9 cm³/mol. The van der Waals surface area contributed by atoms with Gasteiger partial charge in [-0.3, -0.25) is 0 Å². The van der Waals surface area contributed by atoms with Crippen LogP contribution >= 0.6 is 15.9 Å². The average Bonchev–Trinajstić information content (AvgIpc) is 2.35. The van der Waals surface area contributed by atoms with Crippen molar-refractivity contribution >= 4 is 15.9 Å². The Balaban J connectivity index is 2.13. The zero-order chi connectivity index (χ0) is 13.1. The summed E-state index contributed by atoms with van der Waals surface area (Å²) in [6.45, 7) is 1.75. The lowest BCUT2D eigenvalue weighted by Gasteiger charge is -2.11. The summed E-state index contributed by atoms with van der Waals surface area (Å²) in [7, 11) is 0. The largest absolute Gasteiger partial charge is 0.207 e. The summed E-state index contributed by atoms with van der Waals surface area (Å²) in [4.78, 5) is 0.0993. The summed E-state index contributed by atoms with van der Waals surface area (Å²) in [6.07, 6.45) is 0.741. The van der Waals surface area contributed by atoms with Gasteiger partial charge in [0.1, 0.15) is 11.6 Å². The van der Waals surface area contributed by atoms with E-state index in [9.17, 15) is 8.78 Å². The van der Waals surface area contributed by atoms with Gasteiger partial charge in [-0.05, 0) is 48.2 Å². The van der Waals surface area contributed by atoms with E-state index in [1.54, 1.807) is 25.1 Å². The highest BCUT2D eigenvalue weighted by Crippen LogP contribution is 2.28. The first kappa shape index (κ1) is 13.2. The number of hydrogen-bond donors (Lipinski definition) is 0. The predicted octanol–water partition coefficient (Wildman–Crippen LogP) is 4.95. The van der Waals surface area contributed by atoms with Crippen molar-refractivity contribution in [2.24, 2.45) is 0 Å². The number of rotatable bonds is 3. The average molecular weight is 311 g/mol. The van der Waals surface area contributed by atoms with Crippen molar-refractivity contribution in [2.45, 2.75) is 18.2 Å². The summed E-state index contributed by atoms with van der Waals surface area (Å²) >= 11 is 3.58. The van der Waals surface area contributed by atoms with Crippen molar-refractivity contribution in [2.75, 3.05) is 0 Å². The van der Waals surface area contributed by atoms with Crippen LogP contribution in [-0.2, 0) is 6.42 Å². The van der Waals surface area contributed by atoms with Gasteiger partial charge in [0, 0.05) is 4.83 Å². The topological polar surface area (TPSA) is 0 Å². The molecule has 0 aliphatic heterocycles. The van der Waals surface area contributed by atoms with E-state index in [0.717, 1.165) is 17.5 Å². The van der Waals surface area contributed by atoms with Gasteiger partial charge in [0.25, 0.3) is 0 Å². The van der Waals surface area contributed by atoms with Crippen molar-refractivity contribution in [3.8, 4) is 0 Å². The fraction of sp³-hybridized carbons (Fsp3) is 0.200. The number of benzene rings is 2. The molecule has 3 heteroatoms. The molecule has 94 valence electrons. The van der Waals surface area contributed by atoms with E-state index in [4.69, 9.17) is 0 Å². The highest BCUT2D eigenvalue weighted by atomic mass is 79.9. The molecule has 0 spiro atoms. The molecule has 0 aromatic heterocycles. The Morgan fingerprint density at radius 2 is 1.72 bits per heavy atom. The fourth-order valence-electron chi connectivity index (χ4n) is 1.81. The maximum atomic E-state index is 13.2. The first-order chi connectivity index (χ1) is 8.56. The highest BCUT2D eigenvalue weighted by Gasteiger charge is 2.10. The molecule has 0 aliphatic carbocycles. The van der Waals surface area contributed by atoms with Crippen LogP contribution in [-0.4, -0.2) is 0 Å². The molecule has 0 bridgehead atoms. The molecule has 0 amide bonds. The van der Waals surface area contributed by atoms with E-state index < -0.39 is 0 Å². The molecule has 1 unspecified atom stereocenters. The van der Waals surface area contributed by atoms with Crippen molar-refractivity contribution in [3.63, 3.8) is 0 Å². The van der Waals surface area contributed by atoms with Gasteiger partial charge >= 0.3 is 0 Å². The third-order valence-electron chi connectivity index (χ3n) is 2.87. The summed E-state index contributed by atoms with van der Waals surface area (Å²) in [5, 5.41) is 0. The molecule has 0 saturated heterocycles. The molecule has 0 fully saturated rings. The summed E-state index contributed by atoms with van der Waals surface area (Å²) in [5.74, 6) is -0.428. The Morgan fingerprint density at radius 1 is 1.06 bits per heavy atom. The first-order valence-electron chi connectivity index (χ1n) is 5.71. The lowest BCUT2D eigenvalue weighted by atomic mass is 10.0. The Bertz CT molecular complexity index is 535. The van der Waals surface area contributed by atoms with Crippen LogP contribution < -0.4 is 0 Å². The van der Waals surface area contributed by atoms with E-state index in [1.165, 1.54) is 18.2 Å². The molecule has 18 heavy (non-hydrogen) atoms. The Morgan fingerprint density at radius 3 is 2.33 bits per heavy atom. The van der Waals surface area contributed by atoms with Gasteiger partial charge in [0.15, 0.2) is 0 Å². The molecule has 2 aromatic carbocycles. The van der Waals surface area contributed by atoms with E-state index in [2.05, 4.69) is 15.9 Å². The van der Waals surface area contributed by atoms with Gasteiger partial charge in [0.05, 0.1) is 0 Å². The Labute approximate surface area is 114 Å². The molecule has 0 N–H and O–H groups in total. The molecule has 0 nitrogen and oxygen atoms in total. The second kappa shape index (κ2) is 5.61. The van der Waals surface area contributed by atoms with E-state index in [-0.39, 0.29) is 16.5 Å². The van der Waals surface area contributed by atoms with Gasteiger partial charge in [0.2, 0.25) is 0 Å². The van der Waals surface area contributed by atoms with Crippen LogP contribution in [0.5, 0.6) is 0 Å². The third-order valence-corrected chi connectivity index (χ3v) is 3.72. The van der Waals surface area contributed by atoms with Crippen LogP contribution in [0, 0.1) is 18.6 Å². The smallest absolute Gasteiger partial charge is 0.126 e. The van der Waals surface area contributed by atoms with Crippen LogP contribution in [0.4, 0.5) is 8.78 Å². The van der Waals surface area contributed by atoms with Gasteiger partial charge in [-0.25, -0.2) is 8.78 Å². The molecule has 2 rings (SSSR count). The van der Waals surface area contributed by atoms with Crippen molar-refractivity contribution < 1.29 is 8.78 Å². The monoisotopic (exact) mass is 310 g/mol. The third kappa shape index (κ3) is 3.16. The zero-order valence-electron chi connectivity index (χ0n) is 9.96. The number of alkyl halides is 1. The fourth-order valence-corrected chi connectivity index (χ4v) is 2.47. The quantitative estimate of drug-likeness (QED) is 0.703. The van der Waals surface area contributed by atoms with Crippen LogP contribution in [0.2, 0.25) is 0 Å². The minimum Gasteiger partial charge on any atom is -0.207 e. The van der Waals surface area contributed by atoms with E-state index in [1.807, 2.05) is 6.07 Å². The zero-order valence-corrected chi connectivity index (χ0v) is 11.5. The molecular weight excluding hydrogens is 298 g/mol. The number of halogens is 3. The van der Waals surface area contributed by atoms with Gasteiger partial charge in [-0.2, -0.15) is 0 Å². The Hall–Kier alpha value is -1.22. The maximum Gasteiger partial charge on any atom is 0.126 e. The molecule has 0 heterocycles. The van der Waals surface area contributed by atoms with Crippen LogP contribution in [0.25, 0.3) is 0 Å². The molecule has 0 saturated carbocycles. The minimum absolute atomic E-state index is 0.0993. The van der Waals surface area contributed by atoms with Gasteiger partial charge in [-0.1, -0.05) is 40.2 Å². The molecule has 2 aromatic rings. The summed E-state index contributed by atoms with van der Waals surface area (Å²) in [5.41, 5.74) is 2.70. The van der Waals surface area contributed by atoms with E-state index >= 15 is 0 Å². The lowest BCUT2D eigenvalue weighted by Crippen LogP contribution is -1.97. The standard InChI is InChI=1S/C15H13BrF2/c1-10-8-12(4-7-15(10)18)14(16)9-11-2-5-13(17)6-3-11/h2-8,14H,9H2,1H3. The summed E-state index contributed by atoms with van der Waals surface area (Å²) < 4.78 is 26.0. The SMILES string of the molecule is Cc1cc(C(Br)Cc2ccc(F)cc2)ccc1F. The second-order valence-electron chi connectivity index (χ2n) is 4.31. The molecule has 0 aliphatic rings. The highest BCUT2D eigenvalue weighted by molar-refractivity contribution is 9.09. The van der Waals surface area contributed by atoms with Crippen LogP contribution in [0.3, 0.4) is 0 Å². The van der Waals surface area contributed by atoms with Crippen molar-refractivity contribution in [1.29, 1.82) is 0 Å². The normalized spacial score (nSPS) is 12.4.